The van der Waals surface area contributed by atoms with Crippen LogP contribution in [0.5, 0.6) is 0 Å². The number of hydrogen-bond acceptors (Lipinski definition) is 6. The zero-order valence-corrected chi connectivity index (χ0v) is 12.8. The highest BCUT2D eigenvalue weighted by molar-refractivity contribution is 5.89. The van der Waals surface area contributed by atoms with Crippen LogP contribution < -0.4 is 11.1 Å². The Hall–Kier alpha value is -2.31. The molecule has 0 bridgehead atoms. The molecule has 0 radical (unpaired) electrons. The van der Waals surface area contributed by atoms with E-state index in [4.69, 9.17) is 5.73 Å². The molecule has 0 saturated carbocycles. The van der Waals surface area contributed by atoms with Crippen molar-refractivity contribution in [2.45, 2.75) is 26.8 Å². The Bertz CT molecular complexity index is 515. The van der Waals surface area contributed by atoms with E-state index in [1.165, 1.54) is 13.2 Å². The second kappa shape index (κ2) is 7.47. The quantitative estimate of drug-likeness (QED) is 0.763. The summed E-state index contributed by atoms with van der Waals surface area (Å²) in [6, 6.07) is 2.53. The molecule has 0 saturated heterocycles. The maximum Gasteiger partial charge on any atom is 0.356 e. The molecule has 7 heteroatoms. The lowest BCUT2D eigenvalue weighted by Gasteiger charge is -2.24. The third kappa shape index (κ3) is 4.08. The molecule has 0 aromatic carbocycles. The van der Waals surface area contributed by atoms with Crippen molar-refractivity contribution in [2.75, 3.05) is 31.2 Å². The number of pyridine rings is 1. The molecular formula is C14H22N4O3. The van der Waals surface area contributed by atoms with Gasteiger partial charge in [-0.25, -0.2) is 9.78 Å². The number of hydrogen-bond donors (Lipinski definition) is 2. The number of anilines is 2. The van der Waals surface area contributed by atoms with Crippen molar-refractivity contribution in [2.24, 2.45) is 0 Å². The fourth-order valence-electron chi connectivity index (χ4n) is 1.88. The number of nitrogens with two attached hydrogens (primary N) is 1. The van der Waals surface area contributed by atoms with E-state index in [0.717, 1.165) is 0 Å². The van der Waals surface area contributed by atoms with E-state index in [2.05, 4.69) is 15.0 Å². The fraction of sp³-hybridized carbons (Fsp3) is 0.500. The van der Waals surface area contributed by atoms with Crippen molar-refractivity contribution >= 4 is 23.4 Å². The lowest BCUT2D eigenvalue weighted by molar-refractivity contribution is -0.131. The van der Waals surface area contributed by atoms with Crippen LogP contribution in [0.1, 0.15) is 31.3 Å². The second-order valence-corrected chi connectivity index (χ2v) is 4.50. The summed E-state index contributed by atoms with van der Waals surface area (Å²) in [6.45, 7) is 6.82. The number of nitrogens with zero attached hydrogens (tertiary/aromatic N) is 2. The topological polar surface area (TPSA) is 97.5 Å². The zero-order chi connectivity index (χ0) is 16.0. The lowest BCUT2D eigenvalue weighted by atomic mass is 10.2. The molecule has 1 unspecified atom stereocenters. The van der Waals surface area contributed by atoms with Gasteiger partial charge in [-0.2, -0.15) is 0 Å². The first-order valence-corrected chi connectivity index (χ1v) is 6.84. The maximum absolute atomic E-state index is 12.2. The molecule has 3 N–H and O–H groups in total. The van der Waals surface area contributed by atoms with Gasteiger partial charge in [0.05, 0.1) is 12.8 Å². The number of carbonyl (C=O) groups excluding carboxylic acids is 2. The van der Waals surface area contributed by atoms with Crippen molar-refractivity contribution in [1.82, 2.24) is 9.88 Å². The number of likely N-dealkylation sites (N-methyl/N-ethyl adjacent to an activating group) is 1. The Morgan fingerprint density at radius 3 is 2.52 bits per heavy atom. The van der Waals surface area contributed by atoms with Crippen molar-refractivity contribution in [3.8, 4) is 0 Å². The van der Waals surface area contributed by atoms with Gasteiger partial charge in [-0.15, -0.1) is 0 Å². The Morgan fingerprint density at radius 1 is 1.38 bits per heavy atom. The van der Waals surface area contributed by atoms with Gasteiger partial charge in [0.15, 0.2) is 11.5 Å². The summed E-state index contributed by atoms with van der Waals surface area (Å²) in [4.78, 5) is 29.5. The molecular weight excluding hydrogens is 272 g/mol. The summed E-state index contributed by atoms with van der Waals surface area (Å²) in [5.41, 5.74) is 6.32. The Morgan fingerprint density at radius 2 is 2.00 bits per heavy atom. The molecule has 116 valence electrons. The standard InChI is InChI=1S/C14H22N4O3/c1-5-18(6-2)13(19)9(3)16-12-10(15)7-8-11(17-12)14(20)21-4/h7-9H,5-6,15H2,1-4H3,(H,16,17). The average Bonchev–Trinajstić information content (AvgIpc) is 2.49. The number of carbonyl (C=O) groups is 2. The van der Waals surface area contributed by atoms with E-state index in [1.807, 2.05) is 13.8 Å². The van der Waals surface area contributed by atoms with E-state index in [9.17, 15) is 9.59 Å². The van der Waals surface area contributed by atoms with Crippen LogP contribution in [0.15, 0.2) is 12.1 Å². The third-order valence-corrected chi connectivity index (χ3v) is 3.12. The second-order valence-electron chi connectivity index (χ2n) is 4.50. The molecule has 7 nitrogen and oxygen atoms in total. The third-order valence-electron chi connectivity index (χ3n) is 3.12. The van der Waals surface area contributed by atoms with Crippen molar-refractivity contribution in [3.63, 3.8) is 0 Å². The number of methoxy groups -OCH3 is 1. The van der Waals surface area contributed by atoms with Gasteiger partial charge in [0.2, 0.25) is 5.91 Å². The summed E-state index contributed by atoms with van der Waals surface area (Å²) in [7, 11) is 1.28. The van der Waals surface area contributed by atoms with E-state index in [0.29, 0.717) is 24.6 Å². The zero-order valence-electron chi connectivity index (χ0n) is 12.8. The molecule has 0 aliphatic heterocycles. The molecule has 21 heavy (non-hydrogen) atoms. The molecule has 1 aromatic rings. The minimum atomic E-state index is -0.555. The van der Waals surface area contributed by atoms with Gasteiger partial charge in [0.25, 0.3) is 0 Å². The van der Waals surface area contributed by atoms with Crippen molar-refractivity contribution in [3.05, 3.63) is 17.8 Å². The number of rotatable bonds is 6. The summed E-state index contributed by atoms with van der Waals surface area (Å²) < 4.78 is 4.61. The summed E-state index contributed by atoms with van der Waals surface area (Å²) >= 11 is 0. The maximum atomic E-state index is 12.2. The summed E-state index contributed by atoms with van der Waals surface area (Å²) in [6.07, 6.45) is 0. The van der Waals surface area contributed by atoms with Gasteiger partial charge < -0.3 is 20.7 Å². The highest BCUT2D eigenvalue weighted by Crippen LogP contribution is 2.17. The van der Waals surface area contributed by atoms with Crippen LogP contribution in [-0.4, -0.2) is 48.0 Å². The van der Waals surface area contributed by atoms with Crippen LogP contribution in [-0.2, 0) is 9.53 Å². The average molecular weight is 294 g/mol. The predicted molar refractivity (Wildman–Crippen MR) is 81.0 cm³/mol. The molecule has 1 aromatic heterocycles. The first-order valence-electron chi connectivity index (χ1n) is 6.84. The van der Waals surface area contributed by atoms with Gasteiger partial charge in [0.1, 0.15) is 6.04 Å². The van der Waals surface area contributed by atoms with Crippen LogP contribution >= 0.6 is 0 Å². The number of amides is 1. The van der Waals surface area contributed by atoms with Gasteiger partial charge in [0, 0.05) is 13.1 Å². The first-order chi connectivity index (χ1) is 9.94. The SMILES string of the molecule is CCN(CC)C(=O)C(C)Nc1nc(C(=O)OC)ccc1N. The van der Waals surface area contributed by atoms with Gasteiger partial charge >= 0.3 is 5.97 Å². The fourth-order valence-corrected chi connectivity index (χ4v) is 1.88. The molecule has 0 fully saturated rings. The number of nitrogens with one attached hydrogen (secondary N) is 1. The summed E-state index contributed by atoms with van der Waals surface area (Å²) in [5.74, 6) is -0.309. The van der Waals surface area contributed by atoms with E-state index >= 15 is 0 Å². The largest absolute Gasteiger partial charge is 0.464 e. The highest BCUT2D eigenvalue weighted by Gasteiger charge is 2.20. The number of nitrogen functional groups attached to an aromatic ring is 1. The van der Waals surface area contributed by atoms with Gasteiger partial charge in [-0.05, 0) is 32.9 Å². The molecule has 1 amide bonds. The van der Waals surface area contributed by atoms with Crippen LogP contribution in [0.25, 0.3) is 0 Å². The number of esters is 1. The number of ether oxygens (including phenoxy) is 1. The molecule has 0 aliphatic carbocycles. The highest BCUT2D eigenvalue weighted by atomic mass is 16.5. The molecule has 1 heterocycles. The van der Waals surface area contributed by atoms with E-state index in [-0.39, 0.29) is 11.6 Å². The Labute approximate surface area is 124 Å². The molecule has 1 atom stereocenters. The first kappa shape index (κ1) is 16.7. The Kier molecular flexibility index (Phi) is 5.95. The molecule has 0 aliphatic rings. The molecule has 0 spiro atoms. The van der Waals surface area contributed by atoms with Crippen LogP contribution in [0.3, 0.4) is 0 Å². The van der Waals surface area contributed by atoms with Gasteiger partial charge in [-0.1, -0.05) is 0 Å². The smallest absolute Gasteiger partial charge is 0.356 e. The van der Waals surface area contributed by atoms with Gasteiger partial charge in [-0.3, -0.25) is 4.79 Å². The van der Waals surface area contributed by atoms with Crippen LogP contribution in [0.4, 0.5) is 11.5 Å². The Balaban J connectivity index is 2.91. The minimum Gasteiger partial charge on any atom is -0.464 e. The van der Waals surface area contributed by atoms with Crippen molar-refractivity contribution < 1.29 is 14.3 Å². The molecule has 1 rings (SSSR count). The van der Waals surface area contributed by atoms with Crippen molar-refractivity contribution in [1.29, 1.82) is 0 Å². The van der Waals surface area contributed by atoms with E-state index < -0.39 is 12.0 Å². The number of aromatic nitrogens is 1. The van der Waals surface area contributed by atoms with Crippen LogP contribution in [0.2, 0.25) is 0 Å². The summed E-state index contributed by atoms with van der Waals surface area (Å²) in [5, 5.41) is 2.94. The van der Waals surface area contributed by atoms with Crippen LogP contribution in [0, 0.1) is 0 Å². The minimum absolute atomic E-state index is 0.0512. The monoisotopic (exact) mass is 294 g/mol. The lowest BCUT2D eigenvalue weighted by Crippen LogP contribution is -2.41. The predicted octanol–water partition coefficient (Wildman–Crippen LogP) is 1.12. The van der Waals surface area contributed by atoms with E-state index in [1.54, 1.807) is 17.9 Å². The normalized spacial score (nSPS) is 11.6.